The van der Waals surface area contributed by atoms with Gasteiger partial charge in [0.05, 0.1) is 11.8 Å². The molecule has 1 amide bonds. The maximum Gasteiger partial charge on any atom is 0.338 e. The molecule has 124 valence electrons. The monoisotopic (exact) mass is 330 g/mol. The molecule has 0 atom stereocenters. The van der Waals surface area contributed by atoms with Gasteiger partial charge in [0, 0.05) is 18.5 Å². The summed E-state index contributed by atoms with van der Waals surface area (Å²) >= 11 is 0. The fourth-order valence-electron chi connectivity index (χ4n) is 2.63. The molecule has 0 unspecified atom stereocenters. The lowest BCUT2D eigenvalue weighted by atomic mass is 10.1. The van der Waals surface area contributed by atoms with Crippen LogP contribution in [0.15, 0.2) is 24.4 Å². The number of aromatic nitrogens is 2. The Kier molecular flexibility index (Phi) is 4.11. The van der Waals surface area contributed by atoms with Gasteiger partial charge in [-0.2, -0.15) is 0 Å². The van der Waals surface area contributed by atoms with Crippen LogP contribution in [0, 0.1) is 5.82 Å². The van der Waals surface area contributed by atoms with Crippen LogP contribution in [0.4, 0.5) is 16.0 Å². The van der Waals surface area contributed by atoms with Gasteiger partial charge in [-0.05, 0) is 25.0 Å². The van der Waals surface area contributed by atoms with Crippen LogP contribution in [-0.4, -0.2) is 33.5 Å². The number of benzene rings is 1. The summed E-state index contributed by atoms with van der Waals surface area (Å²) in [6, 6.07) is 3.62. The first-order valence-electron chi connectivity index (χ1n) is 7.43. The maximum absolute atomic E-state index is 13.8. The number of carboxylic acids is 1. The first-order valence-corrected chi connectivity index (χ1v) is 7.43. The van der Waals surface area contributed by atoms with Gasteiger partial charge in [-0.1, -0.05) is 6.07 Å². The molecule has 1 aromatic carbocycles. The van der Waals surface area contributed by atoms with E-state index in [1.807, 2.05) is 0 Å². The fourth-order valence-corrected chi connectivity index (χ4v) is 2.63. The lowest BCUT2D eigenvalue weighted by Gasteiger charge is -2.25. The summed E-state index contributed by atoms with van der Waals surface area (Å²) in [7, 11) is 0. The molecule has 2 heterocycles. The van der Waals surface area contributed by atoms with Gasteiger partial charge < -0.3 is 10.8 Å². The van der Waals surface area contributed by atoms with Crippen molar-refractivity contribution >= 4 is 23.5 Å². The second kappa shape index (κ2) is 6.23. The SMILES string of the molecule is Nc1nc(N2CCCCC2=O)cnc1-c1ccc(C(=O)O)c(F)c1. The zero-order valence-electron chi connectivity index (χ0n) is 12.7. The molecule has 1 saturated heterocycles. The van der Waals surface area contributed by atoms with Crippen molar-refractivity contribution < 1.29 is 19.1 Å². The first kappa shape index (κ1) is 15.9. The molecule has 1 aliphatic rings. The van der Waals surface area contributed by atoms with E-state index in [1.54, 1.807) is 0 Å². The number of nitrogens with zero attached hydrogens (tertiary/aromatic N) is 3. The number of aromatic carboxylic acids is 1. The lowest BCUT2D eigenvalue weighted by molar-refractivity contribution is -0.119. The van der Waals surface area contributed by atoms with Crippen molar-refractivity contribution in [2.45, 2.75) is 19.3 Å². The van der Waals surface area contributed by atoms with E-state index in [4.69, 9.17) is 10.8 Å². The van der Waals surface area contributed by atoms with Crippen LogP contribution in [-0.2, 0) is 4.79 Å². The van der Waals surface area contributed by atoms with E-state index in [0.29, 0.717) is 24.3 Å². The smallest absolute Gasteiger partial charge is 0.338 e. The minimum atomic E-state index is -1.35. The Morgan fingerprint density at radius 1 is 1.33 bits per heavy atom. The third-order valence-corrected chi connectivity index (χ3v) is 3.86. The summed E-state index contributed by atoms with van der Waals surface area (Å²) in [6.07, 6.45) is 3.62. The molecule has 24 heavy (non-hydrogen) atoms. The number of hydrogen-bond donors (Lipinski definition) is 2. The van der Waals surface area contributed by atoms with E-state index >= 15 is 0 Å². The van der Waals surface area contributed by atoms with Gasteiger partial charge in [-0.25, -0.2) is 19.2 Å². The van der Waals surface area contributed by atoms with E-state index < -0.39 is 17.3 Å². The van der Waals surface area contributed by atoms with Crippen molar-refractivity contribution in [1.29, 1.82) is 0 Å². The number of piperidine rings is 1. The van der Waals surface area contributed by atoms with Gasteiger partial charge in [0.15, 0.2) is 11.6 Å². The summed E-state index contributed by atoms with van der Waals surface area (Å²) in [5.74, 6) is -1.84. The minimum Gasteiger partial charge on any atom is -0.478 e. The predicted octanol–water partition coefficient (Wildman–Crippen LogP) is 2.08. The topological polar surface area (TPSA) is 109 Å². The largest absolute Gasteiger partial charge is 0.478 e. The first-order chi connectivity index (χ1) is 11.5. The molecular formula is C16H15FN4O3. The maximum atomic E-state index is 13.8. The number of anilines is 2. The zero-order valence-corrected chi connectivity index (χ0v) is 12.7. The van der Waals surface area contributed by atoms with Crippen molar-refractivity contribution in [3.05, 3.63) is 35.8 Å². The van der Waals surface area contributed by atoms with Crippen LogP contribution in [0.25, 0.3) is 11.3 Å². The van der Waals surface area contributed by atoms with Gasteiger partial charge in [0.25, 0.3) is 0 Å². The summed E-state index contributed by atoms with van der Waals surface area (Å²) in [5.41, 5.74) is 6.03. The molecule has 2 aromatic rings. The average molecular weight is 330 g/mol. The quantitative estimate of drug-likeness (QED) is 0.891. The van der Waals surface area contributed by atoms with Crippen molar-refractivity contribution in [1.82, 2.24) is 9.97 Å². The predicted molar refractivity (Wildman–Crippen MR) is 85.0 cm³/mol. The highest BCUT2D eigenvalue weighted by Gasteiger charge is 2.22. The Labute approximate surface area is 136 Å². The van der Waals surface area contributed by atoms with Crippen LogP contribution in [0.3, 0.4) is 0 Å². The van der Waals surface area contributed by atoms with Crippen molar-refractivity contribution in [2.75, 3.05) is 17.2 Å². The highest BCUT2D eigenvalue weighted by Crippen LogP contribution is 2.27. The number of nitrogens with two attached hydrogens (primary N) is 1. The van der Waals surface area contributed by atoms with Gasteiger partial charge in [-0.3, -0.25) is 9.69 Å². The Balaban J connectivity index is 1.94. The van der Waals surface area contributed by atoms with Gasteiger partial charge in [-0.15, -0.1) is 0 Å². The number of carbonyl (C=O) groups excluding carboxylic acids is 1. The Morgan fingerprint density at radius 2 is 2.12 bits per heavy atom. The van der Waals surface area contributed by atoms with Crippen LogP contribution in [0.2, 0.25) is 0 Å². The number of amides is 1. The van der Waals surface area contributed by atoms with Crippen molar-refractivity contribution in [2.24, 2.45) is 0 Å². The van der Waals surface area contributed by atoms with Crippen molar-refractivity contribution in [3.8, 4) is 11.3 Å². The third kappa shape index (κ3) is 2.90. The summed E-state index contributed by atoms with van der Waals surface area (Å²) in [6.45, 7) is 0.564. The Hall–Kier alpha value is -3.03. The molecule has 8 heteroatoms. The molecular weight excluding hydrogens is 315 g/mol. The molecule has 1 aliphatic heterocycles. The summed E-state index contributed by atoms with van der Waals surface area (Å²) in [5, 5.41) is 8.86. The minimum absolute atomic E-state index is 0.0282. The number of nitrogen functional groups attached to an aromatic ring is 1. The Morgan fingerprint density at radius 3 is 2.75 bits per heavy atom. The molecule has 1 aromatic heterocycles. The van der Waals surface area contributed by atoms with Crippen LogP contribution in [0.5, 0.6) is 0 Å². The molecule has 0 bridgehead atoms. The van der Waals surface area contributed by atoms with E-state index in [2.05, 4.69) is 9.97 Å². The average Bonchev–Trinajstić information content (AvgIpc) is 2.54. The number of rotatable bonds is 3. The third-order valence-electron chi connectivity index (χ3n) is 3.86. The second-order valence-corrected chi connectivity index (χ2v) is 5.46. The van der Waals surface area contributed by atoms with Gasteiger partial charge in [0.1, 0.15) is 11.5 Å². The number of hydrogen-bond acceptors (Lipinski definition) is 5. The van der Waals surface area contributed by atoms with Crippen LogP contribution >= 0.6 is 0 Å². The molecule has 3 N–H and O–H groups in total. The van der Waals surface area contributed by atoms with Gasteiger partial charge >= 0.3 is 5.97 Å². The highest BCUT2D eigenvalue weighted by atomic mass is 19.1. The van der Waals surface area contributed by atoms with E-state index in [0.717, 1.165) is 25.0 Å². The standard InChI is InChI=1S/C16H15FN4O3/c17-11-7-9(4-5-10(11)16(23)24)14-15(18)20-12(8-19-14)21-6-2-1-3-13(21)22/h4-5,7-8H,1-3,6H2,(H2,18,20)(H,23,24). The van der Waals surface area contributed by atoms with E-state index in [-0.39, 0.29) is 17.4 Å². The normalized spacial score (nSPS) is 14.7. The number of carbonyl (C=O) groups is 2. The van der Waals surface area contributed by atoms with Crippen molar-refractivity contribution in [3.63, 3.8) is 0 Å². The van der Waals surface area contributed by atoms with E-state index in [9.17, 15) is 14.0 Å². The lowest BCUT2D eigenvalue weighted by Crippen LogP contribution is -2.36. The fraction of sp³-hybridized carbons (Fsp3) is 0.250. The number of carboxylic acid groups (broad SMARTS) is 1. The molecule has 1 fully saturated rings. The van der Waals surface area contributed by atoms with E-state index in [1.165, 1.54) is 17.2 Å². The summed E-state index contributed by atoms with van der Waals surface area (Å²) in [4.78, 5) is 32.7. The second-order valence-electron chi connectivity index (χ2n) is 5.46. The Bertz CT molecular complexity index is 825. The molecule has 7 nitrogen and oxygen atoms in total. The van der Waals surface area contributed by atoms with Crippen LogP contribution in [0.1, 0.15) is 29.6 Å². The molecule has 0 radical (unpaired) electrons. The molecule has 0 saturated carbocycles. The molecule has 0 aliphatic carbocycles. The highest BCUT2D eigenvalue weighted by molar-refractivity contribution is 5.93. The molecule has 3 rings (SSSR count). The number of halogens is 1. The van der Waals surface area contributed by atoms with Gasteiger partial charge in [0.2, 0.25) is 5.91 Å². The zero-order chi connectivity index (χ0) is 17.3. The molecule has 0 spiro atoms. The summed E-state index contributed by atoms with van der Waals surface area (Å²) < 4.78 is 13.8. The van der Waals surface area contributed by atoms with Crippen LogP contribution < -0.4 is 10.6 Å².